The van der Waals surface area contributed by atoms with E-state index in [1.807, 2.05) is 0 Å². The Morgan fingerprint density at radius 2 is 1.81 bits per heavy atom. The highest BCUT2D eigenvalue weighted by Crippen LogP contribution is 2.38. The van der Waals surface area contributed by atoms with E-state index in [2.05, 4.69) is 4.98 Å². The maximum absolute atomic E-state index is 13.0. The number of benzene rings is 1. The molecule has 176 valence electrons. The molecular weight excluding hydrogens is 520 g/mol. The molecular formula is C17H15Cl2F3N2O6S2. The van der Waals surface area contributed by atoms with E-state index >= 15 is 0 Å². The number of pyridine rings is 1. The third-order valence-corrected chi connectivity index (χ3v) is 9.73. The van der Waals surface area contributed by atoms with Gasteiger partial charge in [-0.05, 0) is 30.3 Å². The summed E-state index contributed by atoms with van der Waals surface area (Å²) in [5, 5.41) is 17.9. The summed E-state index contributed by atoms with van der Waals surface area (Å²) in [4.78, 5) is 2.57. The van der Waals surface area contributed by atoms with Crippen molar-refractivity contribution in [3.05, 3.63) is 52.3 Å². The molecule has 0 amide bonds. The first kappa shape index (κ1) is 25.1. The third kappa shape index (κ3) is 4.47. The Bertz CT molecular complexity index is 1240. The van der Waals surface area contributed by atoms with E-state index in [0.717, 1.165) is 12.3 Å². The highest BCUT2D eigenvalue weighted by atomic mass is 35.5. The second kappa shape index (κ2) is 8.38. The van der Waals surface area contributed by atoms with Gasteiger partial charge >= 0.3 is 6.18 Å². The SMILES string of the molecule is O=S(=O)(c1ccc(Cl)nc1)C1CN(S(=O)(=O)c2ccc(C(F)(F)F)cc2Cl)C[C@@]1(O)CO. The van der Waals surface area contributed by atoms with Crippen molar-refractivity contribution >= 4 is 43.1 Å². The van der Waals surface area contributed by atoms with Crippen LogP contribution in [0.2, 0.25) is 10.2 Å². The molecule has 1 saturated heterocycles. The number of sulfone groups is 1. The minimum absolute atomic E-state index is 0.00561. The Labute approximate surface area is 191 Å². The Kier molecular flexibility index (Phi) is 6.59. The number of aliphatic hydroxyl groups is 2. The minimum Gasteiger partial charge on any atom is -0.393 e. The number of hydrogen-bond acceptors (Lipinski definition) is 7. The molecule has 1 aliphatic rings. The van der Waals surface area contributed by atoms with Crippen LogP contribution in [0.25, 0.3) is 0 Å². The van der Waals surface area contributed by atoms with Crippen LogP contribution in [0.15, 0.2) is 46.3 Å². The van der Waals surface area contributed by atoms with Crippen molar-refractivity contribution in [1.82, 2.24) is 9.29 Å². The van der Waals surface area contributed by atoms with E-state index in [1.54, 1.807) is 0 Å². The fourth-order valence-corrected chi connectivity index (χ4v) is 7.40. The standard InChI is InChI=1S/C17H15Cl2F3N2O6S2/c18-12-5-10(17(20,21)22)1-3-13(12)32(29,30)24-7-14(16(26,8-24)9-25)31(27,28)11-2-4-15(19)23-6-11/h1-6,14,25-26H,7-9H2/t14?,16-/m1/s1. The second-order valence-electron chi connectivity index (χ2n) is 7.05. The second-order valence-corrected chi connectivity index (χ2v) is 11.9. The predicted octanol–water partition coefficient (Wildman–Crippen LogP) is 1.98. The van der Waals surface area contributed by atoms with Crippen molar-refractivity contribution in [3.63, 3.8) is 0 Å². The molecule has 2 heterocycles. The van der Waals surface area contributed by atoms with Crippen LogP contribution in [-0.2, 0) is 26.0 Å². The number of hydrogen-bond donors (Lipinski definition) is 2. The lowest BCUT2D eigenvalue weighted by molar-refractivity contribution is -0.137. The summed E-state index contributed by atoms with van der Waals surface area (Å²) in [7, 11) is -9.04. The van der Waals surface area contributed by atoms with Crippen LogP contribution in [0.3, 0.4) is 0 Å². The van der Waals surface area contributed by atoms with Crippen molar-refractivity contribution in [1.29, 1.82) is 0 Å². The zero-order valence-corrected chi connectivity index (χ0v) is 18.9. The van der Waals surface area contributed by atoms with Gasteiger partial charge in [0, 0.05) is 19.3 Å². The van der Waals surface area contributed by atoms with Gasteiger partial charge in [0.1, 0.15) is 20.9 Å². The molecule has 3 rings (SSSR count). The van der Waals surface area contributed by atoms with E-state index < -0.39 is 72.1 Å². The molecule has 2 atom stereocenters. The summed E-state index contributed by atoms with van der Waals surface area (Å²) in [6.45, 7) is -2.74. The predicted molar refractivity (Wildman–Crippen MR) is 107 cm³/mol. The van der Waals surface area contributed by atoms with E-state index in [0.29, 0.717) is 22.5 Å². The maximum Gasteiger partial charge on any atom is 0.416 e. The number of sulfonamides is 1. The van der Waals surface area contributed by atoms with Crippen LogP contribution in [0.4, 0.5) is 13.2 Å². The Hall–Kier alpha value is -1.48. The summed E-state index contributed by atoms with van der Waals surface area (Å²) >= 11 is 11.4. The lowest BCUT2D eigenvalue weighted by Crippen LogP contribution is -2.49. The van der Waals surface area contributed by atoms with Gasteiger partial charge in [-0.15, -0.1) is 0 Å². The average Bonchev–Trinajstić information content (AvgIpc) is 3.07. The van der Waals surface area contributed by atoms with Crippen LogP contribution in [-0.4, -0.2) is 66.9 Å². The molecule has 1 unspecified atom stereocenters. The normalized spacial score (nSPS) is 22.9. The number of β-amino-alcohol motifs (C(OH)–C–C–N with tert-alkyl or cyclic N) is 1. The van der Waals surface area contributed by atoms with E-state index in [1.165, 1.54) is 6.07 Å². The third-order valence-electron chi connectivity index (χ3n) is 4.97. The lowest BCUT2D eigenvalue weighted by atomic mass is 10.1. The van der Waals surface area contributed by atoms with Gasteiger partial charge in [0.05, 0.1) is 22.1 Å². The lowest BCUT2D eigenvalue weighted by Gasteiger charge is -2.26. The zero-order chi connectivity index (χ0) is 24.1. The van der Waals surface area contributed by atoms with E-state index in [-0.39, 0.29) is 10.0 Å². The van der Waals surface area contributed by atoms with Crippen molar-refractivity contribution in [2.75, 3.05) is 19.7 Å². The summed E-state index contributed by atoms with van der Waals surface area (Å²) in [5.41, 5.74) is -3.57. The molecule has 32 heavy (non-hydrogen) atoms. The van der Waals surface area contributed by atoms with Gasteiger partial charge in [-0.1, -0.05) is 23.2 Å². The van der Waals surface area contributed by atoms with E-state index in [4.69, 9.17) is 23.2 Å². The Morgan fingerprint density at radius 1 is 1.16 bits per heavy atom. The molecule has 1 aromatic heterocycles. The van der Waals surface area contributed by atoms with Gasteiger partial charge in [0.2, 0.25) is 10.0 Å². The Morgan fingerprint density at radius 3 is 2.31 bits per heavy atom. The maximum atomic E-state index is 13.0. The van der Waals surface area contributed by atoms with Crippen molar-refractivity contribution < 1.29 is 40.2 Å². The minimum atomic E-state index is -4.76. The average molecular weight is 535 g/mol. The molecule has 1 aromatic carbocycles. The largest absolute Gasteiger partial charge is 0.416 e. The molecule has 0 saturated carbocycles. The number of aromatic nitrogens is 1. The zero-order valence-electron chi connectivity index (χ0n) is 15.8. The fraction of sp³-hybridized carbons (Fsp3) is 0.353. The first-order chi connectivity index (χ1) is 14.6. The molecule has 0 bridgehead atoms. The van der Waals surface area contributed by atoms with Crippen molar-refractivity contribution in [3.8, 4) is 0 Å². The molecule has 15 heteroatoms. The monoisotopic (exact) mass is 534 g/mol. The van der Waals surface area contributed by atoms with Gasteiger partial charge in [-0.25, -0.2) is 21.8 Å². The Balaban J connectivity index is 2.01. The summed E-state index contributed by atoms with van der Waals surface area (Å²) in [5.74, 6) is 0. The molecule has 0 spiro atoms. The molecule has 8 nitrogen and oxygen atoms in total. The van der Waals surface area contributed by atoms with Gasteiger partial charge in [-0.3, -0.25) is 0 Å². The van der Waals surface area contributed by atoms with Gasteiger partial charge in [0.25, 0.3) is 0 Å². The van der Waals surface area contributed by atoms with E-state index in [9.17, 15) is 40.2 Å². The van der Waals surface area contributed by atoms with Crippen LogP contribution in [0, 0.1) is 0 Å². The van der Waals surface area contributed by atoms with Gasteiger partial charge in [-0.2, -0.15) is 17.5 Å². The molecule has 1 aliphatic heterocycles. The number of halogens is 5. The molecule has 0 aliphatic carbocycles. The topological polar surface area (TPSA) is 125 Å². The van der Waals surface area contributed by atoms with Gasteiger partial charge in [0.15, 0.2) is 9.84 Å². The molecule has 2 N–H and O–H groups in total. The first-order valence-electron chi connectivity index (χ1n) is 8.68. The van der Waals surface area contributed by atoms with Crippen LogP contribution < -0.4 is 0 Å². The van der Waals surface area contributed by atoms with Gasteiger partial charge < -0.3 is 10.2 Å². The molecule has 0 radical (unpaired) electrons. The van der Waals surface area contributed by atoms with Crippen LogP contribution >= 0.6 is 23.2 Å². The quantitative estimate of drug-likeness (QED) is 0.561. The smallest absolute Gasteiger partial charge is 0.393 e. The fourth-order valence-electron chi connectivity index (χ4n) is 3.27. The van der Waals surface area contributed by atoms with Crippen molar-refractivity contribution in [2.24, 2.45) is 0 Å². The first-order valence-corrected chi connectivity index (χ1v) is 12.4. The number of aliphatic hydroxyl groups excluding tert-OH is 1. The summed E-state index contributed by atoms with van der Waals surface area (Å²) in [6.07, 6.45) is -3.85. The number of nitrogens with zero attached hydrogens (tertiary/aromatic N) is 2. The van der Waals surface area contributed by atoms with Crippen LogP contribution in [0.1, 0.15) is 5.56 Å². The highest BCUT2D eigenvalue weighted by Gasteiger charge is 2.55. The highest BCUT2D eigenvalue weighted by molar-refractivity contribution is 7.92. The summed E-state index contributed by atoms with van der Waals surface area (Å²) in [6, 6.07) is 3.87. The molecule has 2 aromatic rings. The van der Waals surface area contributed by atoms with Crippen LogP contribution in [0.5, 0.6) is 0 Å². The number of rotatable bonds is 5. The summed E-state index contributed by atoms with van der Waals surface area (Å²) < 4.78 is 91.2. The number of alkyl halides is 3. The molecule has 1 fully saturated rings. The van der Waals surface area contributed by atoms with Crippen molar-refractivity contribution in [2.45, 2.75) is 26.8 Å².